The maximum Gasteiger partial charge on any atom is 0.318 e. The Kier molecular flexibility index (Phi) is 6.09. The first kappa shape index (κ1) is 18.6. The van der Waals surface area contributed by atoms with Gasteiger partial charge in [0, 0.05) is 12.8 Å². The van der Waals surface area contributed by atoms with Gasteiger partial charge < -0.3 is 5.11 Å². The number of sulfonamides is 1. The average molecular weight is 349 g/mol. The molecule has 1 rings (SSSR count). The molecule has 124 valence electrons. The molecule has 0 atom stereocenters. The van der Waals surface area contributed by atoms with Gasteiger partial charge in [-0.2, -0.15) is 4.31 Å². The molecule has 0 bridgehead atoms. The largest absolute Gasteiger partial charge is 0.480 e. The minimum atomic E-state index is -3.84. The van der Waals surface area contributed by atoms with Gasteiger partial charge in [0.05, 0.1) is 10.6 Å². The van der Waals surface area contributed by atoms with Gasteiger partial charge in [-0.15, -0.1) is 0 Å². The van der Waals surface area contributed by atoms with E-state index in [1.807, 2.05) is 0 Å². The fraction of sp³-hybridized carbons (Fsp3) is 0.462. The van der Waals surface area contributed by atoms with E-state index in [-0.39, 0.29) is 11.4 Å². The van der Waals surface area contributed by atoms with Crippen LogP contribution in [0.15, 0.2) is 29.2 Å². The Hall–Kier alpha value is -1.45. The molecule has 0 aliphatic rings. The SMILES string of the molecule is CCCN(CC(=O)O)S(=O)(=O)Cc1cccc(S(C)(=O)=O)c1. The van der Waals surface area contributed by atoms with Gasteiger partial charge in [-0.1, -0.05) is 19.1 Å². The standard InChI is InChI=1S/C13H19NO6S2/c1-3-7-14(9-13(15)16)22(19,20)10-11-5-4-6-12(8-11)21(2,17)18/h4-6,8H,3,7,9-10H2,1-2H3,(H,15,16). The van der Waals surface area contributed by atoms with E-state index in [2.05, 4.69) is 0 Å². The van der Waals surface area contributed by atoms with Crippen LogP contribution in [0.4, 0.5) is 0 Å². The van der Waals surface area contributed by atoms with Crippen molar-refractivity contribution in [2.45, 2.75) is 24.0 Å². The van der Waals surface area contributed by atoms with Gasteiger partial charge >= 0.3 is 5.97 Å². The van der Waals surface area contributed by atoms with E-state index in [9.17, 15) is 21.6 Å². The number of carboxylic acid groups (broad SMARTS) is 1. The van der Waals surface area contributed by atoms with E-state index in [0.717, 1.165) is 10.6 Å². The summed E-state index contributed by atoms with van der Waals surface area (Å²) in [5.41, 5.74) is 0.300. The lowest BCUT2D eigenvalue weighted by Crippen LogP contribution is -2.37. The predicted molar refractivity (Wildman–Crippen MR) is 81.7 cm³/mol. The lowest BCUT2D eigenvalue weighted by Gasteiger charge is -2.19. The number of sulfone groups is 1. The zero-order valence-electron chi connectivity index (χ0n) is 12.4. The molecular weight excluding hydrogens is 330 g/mol. The number of hydrogen-bond donors (Lipinski definition) is 1. The van der Waals surface area contributed by atoms with Crippen LogP contribution < -0.4 is 0 Å². The van der Waals surface area contributed by atoms with Crippen LogP contribution in [-0.4, -0.2) is 51.6 Å². The lowest BCUT2D eigenvalue weighted by molar-refractivity contribution is -0.137. The van der Waals surface area contributed by atoms with Crippen molar-refractivity contribution >= 4 is 25.8 Å². The summed E-state index contributed by atoms with van der Waals surface area (Å²) in [4.78, 5) is 10.8. The molecule has 0 amide bonds. The van der Waals surface area contributed by atoms with E-state index in [1.165, 1.54) is 24.3 Å². The van der Waals surface area contributed by atoms with Gasteiger partial charge in [0.25, 0.3) is 0 Å². The molecule has 0 aromatic heterocycles. The maximum atomic E-state index is 12.3. The zero-order chi connectivity index (χ0) is 17.0. The van der Waals surface area contributed by atoms with E-state index >= 15 is 0 Å². The number of benzene rings is 1. The summed E-state index contributed by atoms with van der Waals surface area (Å²) in [6.07, 6.45) is 1.52. The fourth-order valence-electron chi connectivity index (χ4n) is 1.88. The number of nitrogens with zero attached hydrogens (tertiary/aromatic N) is 1. The summed E-state index contributed by atoms with van der Waals surface area (Å²) in [6, 6.07) is 5.63. The second-order valence-corrected chi connectivity index (χ2v) is 8.89. The van der Waals surface area contributed by atoms with Gasteiger partial charge in [0.1, 0.15) is 6.54 Å². The van der Waals surface area contributed by atoms with E-state index in [1.54, 1.807) is 6.92 Å². The van der Waals surface area contributed by atoms with Crippen molar-refractivity contribution < 1.29 is 26.7 Å². The molecule has 0 saturated heterocycles. The third-order valence-corrected chi connectivity index (χ3v) is 5.76. The van der Waals surface area contributed by atoms with Crippen LogP contribution in [0.2, 0.25) is 0 Å². The molecule has 0 heterocycles. The van der Waals surface area contributed by atoms with Crippen molar-refractivity contribution in [2.24, 2.45) is 0 Å². The molecule has 0 unspecified atom stereocenters. The maximum absolute atomic E-state index is 12.3. The average Bonchev–Trinajstić information content (AvgIpc) is 2.36. The molecule has 0 aliphatic heterocycles. The van der Waals surface area contributed by atoms with Crippen LogP contribution in [0.5, 0.6) is 0 Å². The molecule has 9 heteroatoms. The van der Waals surface area contributed by atoms with Gasteiger partial charge in [-0.05, 0) is 24.1 Å². The van der Waals surface area contributed by atoms with Crippen molar-refractivity contribution in [2.75, 3.05) is 19.3 Å². The highest BCUT2D eigenvalue weighted by Crippen LogP contribution is 2.16. The van der Waals surface area contributed by atoms with Crippen molar-refractivity contribution in [3.63, 3.8) is 0 Å². The molecule has 0 aliphatic carbocycles. The second-order valence-electron chi connectivity index (χ2n) is 4.90. The third-order valence-electron chi connectivity index (χ3n) is 2.85. The molecule has 7 nitrogen and oxygen atoms in total. The minimum absolute atomic E-state index is 0.0282. The second kappa shape index (κ2) is 7.21. The van der Waals surface area contributed by atoms with E-state index < -0.39 is 38.1 Å². The molecule has 0 spiro atoms. The molecule has 22 heavy (non-hydrogen) atoms. The van der Waals surface area contributed by atoms with E-state index in [0.29, 0.717) is 12.0 Å². The first-order chi connectivity index (χ1) is 10.1. The quantitative estimate of drug-likeness (QED) is 0.740. The number of carboxylic acids is 1. The van der Waals surface area contributed by atoms with Crippen LogP contribution in [0.1, 0.15) is 18.9 Å². The highest BCUT2D eigenvalue weighted by molar-refractivity contribution is 7.90. The van der Waals surface area contributed by atoms with Crippen molar-refractivity contribution in [3.05, 3.63) is 29.8 Å². The Morgan fingerprint density at radius 1 is 1.23 bits per heavy atom. The third kappa shape index (κ3) is 5.39. The van der Waals surface area contributed by atoms with Gasteiger partial charge in [0.15, 0.2) is 9.84 Å². The molecule has 0 fully saturated rings. The highest BCUT2D eigenvalue weighted by Gasteiger charge is 2.24. The van der Waals surface area contributed by atoms with Gasteiger partial charge in [-0.25, -0.2) is 16.8 Å². The van der Waals surface area contributed by atoms with Gasteiger partial charge in [0.2, 0.25) is 10.0 Å². The molecule has 0 radical (unpaired) electrons. The molecular formula is C13H19NO6S2. The summed E-state index contributed by atoms with van der Waals surface area (Å²) < 4.78 is 48.5. The summed E-state index contributed by atoms with van der Waals surface area (Å²) >= 11 is 0. The Bertz CT molecular complexity index is 740. The van der Waals surface area contributed by atoms with Crippen LogP contribution in [0.25, 0.3) is 0 Å². The Morgan fingerprint density at radius 3 is 2.36 bits per heavy atom. The molecule has 1 aromatic rings. The smallest absolute Gasteiger partial charge is 0.318 e. The van der Waals surface area contributed by atoms with Crippen molar-refractivity contribution in [1.29, 1.82) is 0 Å². The topological polar surface area (TPSA) is 109 Å². The highest BCUT2D eigenvalue weighted by atomic mass is 32.2. The summed E-state index contributed by atoms with van der Waals surface area (Å²) in [7, 11) is -7.27. The van der Waals surface area contributed by atoms with E-state index in [4.69, 9.17) is 5.11 Å². The van der Waals surface area contributed by atoms with Crippen LogP contribution in [0, 0.1) is 0 Å². The number of hydrogen-bond acceptors (Lipinski definition) is 5. The van der Waals surface area contributed by atoms with Crippen LogP contribution in [0.3, 0.4) is 0 Å². The summed E-state index contributed by atoms with van der Waals surface area (Å²) in [6.45, 7) is 1.23. The zero-order valence-corrected chi connectivity index (χ0v) is 14.0. The molecule has 1 N–H and O–H groups in total. The number of aliphatic carboxylic acids is 1. The molecule has 1 aromatic carbocycles. The molecule has 0 saturated carbocycles. The van der Waals surface area contributed by atoms with Crippen molar-refractivity contribution in [1.82, 2.24) is 4.31 Å². The Labute approximate surface area is 130 Å². The Balaban J connectivity index is 3.07. The number of carbonyl (C=O) groups is 1. The fourth-order valence-corrected chi connectivity index (χ4v) is 4.13. The summed E-state index contributed by atoms with van der Waals surface area (Å²) in [5.74, 6) is -1.68. The normalized spacial score (nSPS) is 12.5. The lowest BCUT2D eigenvalue weighted by atomic mass is 10.2. The summed E-state index contributed by atoms with van der Waals surface area (Å²) in [5, 5.41) is 8.81. The minimum Gasteiger partial charge on any atom is -0.480 e. The van der Waals surface area contributed by atoms with Crippen molar-refractivity contribution in [3.8, 4) is 0 Å². The first-order valence-corrected chi connectivity index (χ1v) is 10.0. The van der Waals surface area contributed by atoms with Crippen LogP contribution in [-0.2, 0) is 30.4 Å². The van der Waals surface area contributed by atoms with Crippen LogP contribution >= 0.6 is 0 Å². The first-order valence-electron chi connectivity index (χ1n) is 6.55. The monoisotopic (exact) mass is 349 g/mol. The predicted octanol–water partition coefficient (Wildman–Crippen LogP) is 0.716. The van der Waals surface area contributed by atoms with Gasteiger partial charge in [-0.3, -0.25) is 4.79 Å². The number of rotatable bonds is 8. The Morgan fingerprint density at radius 2 is 1.86 bits per heavy atom.